The quantitative estimate of drug-likeness (QED) is 0.230. The van der Waals surface area contributed by atoms with Gasteiger partial charge in [0.2, 0.25) is 0 Å². The molecule has 0 unspecified atom stereocenters. The van der Waals surface area contributed by atoms with E-state index in [9.17, 15) is 0 Å². The van der Waals surface area contributed by atoms with Gasteiger partial charge in [-0.3, -0.25) is 0 Å². The Morgan fingerprint density at radius 1 is 0.432 bits per heavy atom. The third-order valence-electron chi connectivity index (χ3n) is 7.56. The van der Waals surface area contributed by atoms with Crippen molar-refractivity contribution in [3.05, 3.63) is 133 Å². The second kappa shape index (κ2) is 7.78. The molecule has 0 amide bonds. The lowest BCUT2D eigenvalue weighted by molar-refractivity contribution is 1.01. The molecule has 37 heavy (non-hydrogen) atoms. The van der Waals surface area contributed by atoms with Crippen LogP contribution in [0, 0.1) is 0 Å². The molecule has 0 radical (unpaired) electrons. The summed E-state index contributed by atoms with van der Waals surface area (Å²) in [7, 11) is 0. The smallest absolute Gasteiger partial charge is 0.0946 e. The van der Waals surface area contributed by atoms with Crippen molar-refractivity contribution in [1.82, 2.24) is 9.61 Å². The van der Waals surface area contributed by atoms with Crippen molar-refractivity contribution in [2.24, 2.45) is 0 Å². The normalized spacial score (nSPS) is 11.8. The molecule has 0 bridgehead atoms. The minimum absolute atomic E-state index is 0.994. The summed E-state index contributed by atoms with van der Waals surface area (Å²) in [6, 6.07) is 47.9. The fourth-order valence-corrected chi connectivity index (χ4v) is 5.89. The summed E-state index contributed by atoms with van der Waals surface area (Å²) >= 11 is 0. The van der Waals surface area contributed by atoms with Crippen molar-refractivity contribution in [1.29, 1.82) is 0 Å². The number of fused-ring (bicyclic) bond motifs is 6. The van der Waals surface area contributed by atoms with E-state index in [1.807, 2.05) is 0 Å². The lowest BCUT2D eigenvalue weighted by Gasteiger charge is -2.16. The maximum atomic E-state index is 5.17. The minimum atomic E-state index is 0.994. The molecule has 2 heterocycles. The first-order valence-electron chi connectivity index (χ1n) is 12.7. The van der Waals surface area contributed by atoms with Crippen LogP contribution in [0.25, 0.3) is 71.1 Å². The third kappa shape index (κ3) is 3.03. The highest BCUT2D eigenvalue weighted by atomic mass is 15.2. The standard InChI is InChI=1S/C35H22N2/c1-2-11-25-21-26(18-17-23(25)9-1)34-28-12-4-6-14-30(28)35(31-15-7-5-13-29(31)34)32-22-27-20-19-24-10-3-8-16-33(24)37(27)36-32/h1-22H. The zero-order chi connectivity index (χ0) is 24.3. The van der Waals surface area contributed by atoms with Crippen LogP contribution in [0.3, 0.4) is 0 Å². The van der Waals surface area contributed by atoms with Crippen molar-refractivity contribution in [3.8, 4) is 22.4 Å². The van der Waals surface area contributed by atoms with Gasteiger partial charge in [-0.1, -0.05) is 109 Å². The molecule has 0 spiro atoms. The summed E-state index contributed by atoms with van der Waals surface area (Å²) in [5.74, 6) is 0. The van der Waals surface area contributed by atoms with E-state index in [1.165, 1.54) is 54.4 Å². The lowest BCUT2D eigenvalue weighted by Crippen LogP contribution is -1.93. The summed E-state index contributed by atoms with van der Waals surface area (Å²) in [5, 5.41) is 13.8. The Labute approximate surface area is 214 Å². The molecule has 0 aliphatic rings. The van der Waals surface area contributed by atoms with E-state index in [2.05, 4.69) is 138 Å². The van der Waals surface area contributed by atoms with Crippen molar-refractivity contribution in [2.75, 3.05) is 0 Å². The molecule has 0 aliphatic heterocycles. The molecule has 0 N–H and O–H groups in total. The van der Waals surface area contributed by atoms with Crippen LogP contribution in [-0.4, -0.2) is 9.61 Å². The maximum Gasteiger partial charge on any atom is 0.0946 e. The Hall–Kier alpha value is -4.95. The third-order valence-corrected chi connectivity index (χ3v) is 7.56. The first-order valence-corrected chi connectivity index (χ1v) is 12.7. The number of hydrogen-bond donors (Lipinski definition) is 0. The molecular weight excluding hydrogens is 448 g/mol. The Bertz CT molecular complexity index is 2090. The van der Waals surface area contributed by atoms with E-state index < -0.39 is 0 Å². The second-order valence-corrected chi connectivity index (χ2v) is 9.66. The van der Waals surface area contributed by atoms with E-state index in [4.69, 9.17) is 5.10 Å². The first-order chi connectivity index (χ1) is 18.3. The summed E-state index contributed by atoms with van der Waals surface area (Å²) < 4.78 is 2.07. The molecule has 0 aliphatic carbocycles. The largest absolute Gasteiger partial charge is 0.232 e. The predicted molar refractivity (Wildman–Crippen MR) is 156 cm³/mol. The van der Waals surface area contributed by atoms with Crippen LogP contribution in [0.15, 0.2) is 133 Å². The molecular formula is C35H22N2. The van der Waals surface area contributed by atoms with E-state index in [0.717, 1.165) is 16.7 Å². The van der Waals surface area contributed by atoms with Crippen molar-refractivity contribution >= 4 is 48.7 Å². The summed E-state index contributed by atoms with van der Waals surface area (Å²) in [6.45, 7) is 0. The monoisotopic (exact) mass is 470 g/mol. The van der Waals surface area contributed by atoms with Gasteiger partial charge in [0.25, 0.3) is 0 Å². The van der Waals surface area contributed by atoms with Crippen LogP contribution in [-0.2, 0) is 0 Å². The summed E-state index contributed by atoms with van der Waals surface area (Å²) in [5.41, 5.74) is 6.90. The molecule has 0 saturated heterocycles. The average molecular weight is 471 g/mol. The van der Waals surface area contributed by atoms with Crippen LogP contribution in [0.4, 0.5) is 0 Å². The summed E-state index contributed by atoms with van der Waals surface area (Å²) in [4.78, 5) is 0. The highest BCUT2D eigenvalue weighted by Gasteiger charge is 2.18. The van der Waals surface area contributed by atoms with Crippen molar-refractivity contribution in [2.45, 2.75) is 0 Å². The first kappa shape index (κ1) is 20.3. The van der Waals surface area contributed by atoms with Gasteiger partial charge in [0.15, 0.2) is 0 Å². The second-order valence-electron chi connectivity index (χ2n) is 9.66. The van der Waals surface area contributed by atoms with Crippen LogP contribution < -0.4 is 0 Å². The number of hydrogen-bond acceptors (Lipinski definition) is 1. The van der Waals surface area contributed by atoms with Gasteiger partial charge in [0.1, 0.15) is 0 Å². The lowest BCUT2D eigenvalue weighted by atomic mass is 9.87. The van der Waals surface area contributed by atoms with Gasteiger partial charge in [-0.05, 0) is 67.7 Å². The SMILES string of the molecule is c1ccc2cc(-c3c4ccccc4c(-c4cc5ccc6ccccc6n5n4)c4ccccc34)ccc2c1. The van der Waals surface area contributed by atoms with Crippen LogP contribution in [0.1, 0.15) is 0 Å². The molecule has 0 saturated carbocycles. The van der Waals surface area contributed by atoms with Crippen molar-refractivity contribution in [3.63, 3.8) is 0 Å². The number of rotatable bonds is 2. The predicted octanol–water partition coefficient (Wildman–Crippen LogP) is 9.28. The molecule has 0 fully saturated rings. The molecule has 2 aromatic heterocycles. The fourth-order valence-electron chi connectivity index (χ4n) is 5.89. The molecule has 8 rings (SSSR count). The van der Waals surface area contributed by atoms with Crippen LogP contribution in [0.5, 0.6) is 0 Å². The molecule has 2 nitrogen and oxygen atoms in total. The van der Waals surface area contributed by atoms with Gasteiger partial charge in [0.05, 0.1) is 16.7 Å². The average Bonchev–Trinajstić information content (AvgIpc) is 3.40. The van der Waals surface area contributed by atoms with Gasteiger partial charge < -0.3 is 0 Å². The Morgan fingerprint density at radius 3 is 1.73 bits per heavy atom. The van der Waals surface area contributed by atoms with Gasteiger partial charge in [-0.25, -0.2) is 4.52 Å². The number of aromatic nitrogens is 2. The van der Waals surface area contributed by atoms with Gasteiger partial charge in [-0.2, -0.15) is 5.10 Å². The van der Waals surface area contributed by atoms with Gasteiger partial charge in [0, 0.05) is 10.9 Å². The molecule has 6 aromatic carbocycles. The van der Waals surface area contributed by atoms with Gasteiger partial charge in [-0.15, -0.1) is 0 Å². The summed E-state index contributed by atoms with van der Waals surface area (Å²) in [6.07, 6.45) is 0. The highest BCUT2D eigenvalue weighted by Crippen LogP contribution is 2.44. The number of pyridine rings is 1. The van der Waals surface area contributed by atoms with E-state index >= 15 is 0 Å². The maximum absolute atomic E-state index is 5.17. The zero-order valence-electron chi connectivity index (χ0n) is 20.1. The Kier molecular flexibility index (Phi) is 4.26. The highest BCUT2D eigenvalue weighted by molar-refractivity contribution is 6.21. The topological polar surface area (TPSA) is 17.3 Å². The van der Waals surface area contributed by atoms with Gasteiger partial charge >= 0.3 is 0 Å². The zero-order valence-corrected chi connectivity index (χ0v) is 20.1. The van der Waals surface area contributed by atoms with E-state index in [-0.39, 0.29) is 0 Å². The molecule has 2 heteroatoms. The molecule has 8 aromatic rings. The van der Waals surface area contributed by atoms with E-state index in [1.54, 1.807) is 0 Å². The number of para-hydroxylation sites is 1. The Morgan fingerprint density at radius 2 is 1.00 bits per heavy atom. The fraction of sp³-hybridized carbons (Fsp3) is 0. The van der Waals surface area contributed by atoms with Crippen LogP contribution in [0.2, 0.25) is 0 Å². The van der Waals surface area contributed by atoms with Crippen molar-refractivity contribution < 1.29 is 0 Å². The van der Waals surface area contributed by atoms with E-state index in [0.29, 0.717) is 0 Å². The number of nitrogens with zero attached hydrogens (tertiary/aromatic N) is 2. The number of benzene rings is 6. The molecule has 172 valence electrons. The molecule has 0 atom stereocenters. The Balaban J connectivity index is 1.49. The minimum Gasteiger partial charge on any atom is -0.232 e. The van der Waals surface area contributed by atoms with Crippen LogP contribution >= 0.6 is 0 Å².